The van der Waals surface area contributed by atoms with E-state index in [-0.39, 0.29) is 35.3 Å². The van der Waals surface area contributed by atoms with Crippen molar-refractivity contribution in [1.82, 2.24) is 9.80 Å². The van der Waals surface area contributed by atoms with Crippen LogP contribution < -0.4 is 0 Å². The number of hydrogen-bond donors (Lipinski definition) is 0. The SMILES string of the molecule is C[C@@H]1CN(C)C[C@@H](C)P1CCP1[C@H](C)CN(C)C[C@H]1C.[CH]1[CH]C2[CH][CH]C1C2.[F][Sb-]([F])([F])([F])([F])[F].[Rh]. The van der Waals surface area contributed by atoms with E-state index in [1.165, 1.54) is 32.6 Å². The van der Waals surface area contributed by atoms with Crippen molar-refractivity contribution in [2.45, 2.75) is 56.8 Å². The van der Waals surface area contributed by atoms with Gasteiger partial charge in [0.1, 0.15) is 0 Å². The Morgan fingerprint density at radius 1 is 0.629 bits per heavy atom. The second-order valence-corrected chi connectivity index (χ2v) is 22.6. The fourth-order valence-corrected chi connectivity index (χ4v) is 13.0. The molecule has 0 spiro atoms. The van der Waals surface area contributed by atoms with Crippen molar-refractivity contribution in [3.63, 3.8) is 0 Å². The van der Waals surface area contributed by atoms with Gasteiger partial charge in [-0.05, 0) is 93.0 Å². The Hall–Kier alpha value is 1.80. The van der Waals surface area contributed by atoms with Crippen LogP contribution >= 0.6 is 15.8 Å². The summed E-state index contributed by atoms with van der Waals surface area (Å²) < 4.78 is 59.6. The molecule has 0 aromatic rings. The zero-order valence-corrected chi connectivity index (χ0v) is 27.5. The van der Waals surface area contributed by atoms with Crippen LogP contribution in [0.15, 0.2) is 0 Å². The van der Waals surface area contributed by atoms with Crippen molar-refractivity contribution in [1.29, 1.82) is 0 Å². The third-order valence-electron chi connectivity index (χ3n) is 6.94. The van der Waals surface area contributed by atoms with E-state index in [2.05, 4.69) is 77.3 Å². The van der Waals surface area contributed by atoms with E-state index >= 15 is 0 Å². The van der Waals surface area contributed by atoms with Gasteiger partial charge >= 0.3 is 36.4 Å². The van der Waals surface area contributed by atoms with Gasteiger partial charge in [0.15, 0.2) is 0 Å². The van der Waals surface area contributed by atoms with Gasteiger partial charge in [0, 0.05) is 45.7 Å². The molecule has 2 aliphatic carbocycles. The zero-order valence-electron chi connectivity index (χ0n) is 21.6. The van der Waals surface area contributed by atoms with E-state index < -0.39 is 19.5 Å². The van der Waals surface area contributed by atoms with Gasteiger partial charge < -0.3 is 9.80 Å². The number of fused-ring (bicyclic) bond motifs is 2. The van der Waals surface area contributed by atoms with Crippen LogP contribution in [0.4, 0.5) is 16.9 Å². The average molecular weight is 747 g/mol. The number of nitrogens with zero attached hydrogens (tertiary/aromatic N) is 2. The van der Waals surface area contributed by atoms with Crippen LogP contribution in [0.2, 0.25) is 0 Å². The van der Waals surface area contributed by atoms with E-state index in [4.69, 9.17) is 0 Å². The van der Waals surface area contributed by atoms with Gasteiger partial charge in [0.05, 0.1) is 0 Å². The molecule has 5 radical (unpaired) electrons. The van der Waals surface area contributed by atoms with Crippen molar-refractivity contribution >= 4 is 35.3 Å². The first kappa shape index (κ1) is 34.8. The number of hydrogen-bond acceptors (Lipinski definition) is 2. The van der Waals surface area contributed by atoms with Crippen LogP contribution in [-0.2, 0) is 19.5 Å². The monoisotopic (exact) mass is 746 g/mol. The van der Waals surface area contributed by atoms with E-state index in [0.29, 0.717) is 0 Å². The van der Waals surface area contributed by atoms with Gasteiger partial charge in [0.25, 0.3) is 0 Å². The minimum atomic E-state index is -11.2. The predicted octanol–water partition coefficient (Wildman–Crippen LogP) is 6.99. The second kappa shape index (κ2) is 13.0. The van der Waals surface area contributed by atoms with Gasteiger partial charge in [-0.3, -0.25) is 0 Å². The Bertz CT molecular complexity index is 576. The Labute approximate surface area is 227 Å². The summed E-state index contributed by atoms with van der Waals surface area (Å²) in [5.74, 6) is 1.62. The standard InChI is InChI=1S/C16H34N2P2.C7H8.6FH.Rh.Sb/c1-13-9-17(5)10-14(2)19(13)7-8-20-15(3)11-18(6)12-16(20)4;1-2-7-4-3-6(1)5-7;;;;;;;;/h13-16H,7-12H2,1-6H3;1-4,6-7H,5H2;6*1H;;/q;;;;;;;;;+5/p-6/t13-,14-,15-,16-;;;;;;;;;/m1........./s1. The quantitative estimate of drug-likeness (QED) is 0.175. The fraction of sp³-hybridized carbons (Fsp3) is 0.826. The molecule has 35 heavy (non-hydrogen) atoms. The van der Waals surface area contributed by atoms with Gasteiger partial charge in [-0.2, -0.15) is 0 Å². The molecule has 2 saturated heterocycles. The zero-order chi connectivity index (χ0) is 26.0. The topological polar surface area (TPSA) is 6.48 Å². The van der Waals surface area contributed by atoms with E-state index in [1.54, 1.807) is 12.3 Å². The van der Waals surface area contributed by atoms with Crippen LogP contribution in [0, 0.1) is 37.5 Å². The van der Waals surface area contributed by atoms with Crippen LogP contribution in [0.3, 0.4) is 0 Å². The molecule has 2 nitrogen and oxygen atoms in total. The van der Waals surface area contributed by atoms with E-state index in [1.807, 2.05) is 0 Å². The van der Waals surface area contributed by atoms with Crippen molar-refractivity contribution in [3.8, 4) is 0 Å². The van der Waals surface area contributed by atoms with Crippen molar-refractivity contribution in [2.24, 2.45) is 11.8 Å². The summed E-state index contributed by atoms with van der Waals surface area (Å²) in [4.78, 5) is 5.08. The molecular formula is C23H42F6N2P2RhSb-. The Kier molecular flexibility index (Phi) is 12.9. The first-order chi connectivity index (χ1) is 15.3. The molecule has 4 fully saturated rings. The molecule has 0 aromatic carbocycles. The largest absolute Gasteiger partial charge is 0 e. The molecule has 12 heteroatoms. The molecule has 2 heterocycles. The van der Waals surface area contributed by atoms with Crippen molar-refractivity contribution in [2.75, 3.05) is 52.6 Å². The van der Waals surface area contributed by atoms with Crippen molar-refractivity contribution < 1.29 is 36.4 Å². The number of halogens is 6. The summed E-state index contributed by atoms with van der Waals surface area (Å²) in [5.41, 5.74) is 3.80. The molecule has 4 rings (SSSR count). The van der Waals surface area contributed by atoms with Crippen LogP contribution in [0.1, 0.15) is 34.1 Å². The summed E-state index contributed by atoms with van der Waals surface area (Å²) in [5, 5.41) is 0. The number of rotatable bonds is 3. The molecule has 2 bridgehead atoms. The van der Waals surface area contributed by atoms with Crippen LogP contribution in [0.25, 0.3) is 0 Å². The minimum Gasteiger partial charge on any atom is 0 e. The minimum absolute atomic E-state index is 0. The maximum absolute atomic E-state index is 11.2. The van der Waals surface area contributed by atoms with Gasteiger partial charge in [-0.25, -0.2) is 0 Å². The molecule has 0 unspecified atom stereocenters. The predicted molar refractivity (Wildman–Crippen MR) is 138 cm³/mol. The van der Waals surface area contributed by atoms with Crippen molar-refractivity contribution in [3.05, 3.63) is 25.7 Å². The maximum Gasteiger partial charge on any atom is 0 e. The third-order valence-corrected chi connectivity index (χ3v) is 14.0. The summed E-state index contributed by atoms with van der Waals surface area (Å²) in [6, 6.07) is 0. The Morgan fingerprint density at radius 3 is 1.03 bits per heavy atom. The molecular weight excluding hydrogens is 705 g/mol. The maximum atomic E-state index is 9.93. The average Bonchev–Trinajstić information content (AvgIpc) is 3.26. The molecule has 4 atom stereocenters. The Balaban J connectivity index is 0.000000332. The summed E-state index contributed by atoms with van der Waals surface area (Å²) >= 11 is -11.2. The molecule has 0 amide bonds. The van der Waals surface area contributed by atoms with Gasteiger partial charge in [-0.15, -0.1) is 0 Å². The molecule has 2 saturated carbocycles. The second-order valence-electron chi connectivity index (χ2n) is 10.6. The smallest absolute Gasteiger partial charge is 0 e. The molecule has 211 valence electrons. The van der Waals surface area contributed by atoms with Gasteiger partial charge in [0.2, 0.25) is 0 Å². The summed E-state index contributed by atoms with van der Waals surface area (Å²) in [6.07, 6.45) is 13.6. The fourth-order valence-electron chi connectivity index (χ4n) is 5.68. The third kappa shape index (κ3) is 14.7. The molecule has 0 N–H and O–H groups in total. The van der Waals surface area contributed by atoms with Crippen LogP contribution in [0.5, 0.6) is 0 Å². The summed E-state index contributed by atoms with van der Waals surface area (Å²) in [6.45, 7) is 15.4. The first-order valence-electron chi connectivity index (χ1n) is 12.1. The molecule has 0 aromatic heterocycles. The first-order valence-corrected chi connectivity index (χ1v) is 21.2. The molecule has 4 aliphatic rings. The van der Waals surface area contributed by atoms with E-state index in [9.17, 15) is 16.9 Å². The Morgan fingerprint density at radius 2 is 0.857 bits per heavy atom. The summed E-state index contributed by atoms with van der Waals surface area (Å²) in [7, 11) is 5.13. The van der Waals surface area contributed by atoms with Gasteiger partial charge in [-0.1, -0.05) is 43.5 Å². The van der Waals surface area contributed by atoms with Crippen LogP contribution in [-0.4, -0.2) is 105 Å². The molecule has 2 aliphatic heterocycles. The van der Waals surface area contributed by atoms with E-state index in [0.717, 1.165) is 34.5 Å². The normalized spacial score (nSPS) is 36.7.